The summed E-state index contributed by atoms with van der Waals surface area (Å²) in [7, 11) is 0. The van der Waals surface area contributed by atoms with Crippen molar-refractivity contribution in [1.29, 1.82) is 0 Å². The highest BCUT2D eigenvalue weighted by Gasteiger charge is 2.22. The lowest BCUT2D eigenvalue weighted by atomic mass is 10.1. The first-order valence-corrected chi connectivity index (χ1v) is 8.67. The third-order valence-electron chi connectivity index (χ3n) is 4.82. The molecule has 1 aliphatic heterocycles. The van der Waals surface area contributed by atoms with Gasteiger partial charge in [-0.05, 0) is 43.2 Å². The van der Waals surface area contributed by atoms with E-state index in [9.17, 15) is 4.79 Å². The maximum Gasteiger partial charge on any atom is 0.278 e. The number of rotatable bonds is 2. The molecule has 0 saturated heterocycles. The molecule has 0 spiro atoms. The van der Waals surface area contributed by atoms with Crippen LogP contribution in [0.1, 0.15) is 22.4 Å². The van der Waals surface area contributed by atoms with Crippen LogP contribution >= 0.6 is 0 Å². The van der Waals surface area contributed by atoms with Crippen LogP contribution in [0.15, 0.2) is 47.5 Å². The molecule has 2 aromatic heterocycles. The lowest BCUT2D eigenvalue weighted by Gasteiger charge is -2.30. The SMILES string of the molecule is Cc1cccc(-n2ccc(C)c(N3CCc4nc(N)ncc4C3)c2=O)c1. The van der Waals surface area contributed by atoms with Crippen molar-refractivity contribution < 1.29 is 0 Å². The number of nitrogens with zero attached hydrogens (tertiary/aromatic N) is 4. The van der Waals surface area contributed by atoms with Crippen molar-refractivity contribution in [2.45, 2.75) is 26.8 Å². The van der Waals surface area contributed by atoms with Crippen LogP contribution in [0, 0.1) is 13.8 Å². The van der Waals surface area contributed by atoms with Gasteiger partial charge in [-0.25, -0.2) is 9.97 Å². The van der Waals surface area contributed by atoms with Gasteiger partial charge < -0.3 is 10.6 Å². The van der Waals surface area contributed by atoms with Gasteiger partial charge in [0, 0.05) is 43.2 Å². The molecule has 6 nitrogen and oxygen atoms in total. The first kappa shape index (κ1) is 16.3. The van der Waals surface area contributed by atoms with Crippen LogP contribution in [-0.4, -0.2) is 21.1 Å². The normalized spacial score (nSPS) is 13.5. The van der Waals surface area contributed by atoms with E-state index in [0.717, 1.165) is 46.7 Å². The van der Waals surface area contributed by atoms with Gasteiger partial charge in [-0.15, -0.1) is 0 Å². The summed E-state index contributed by atoms with van der Waals surface area (Å²) in [6, 6.07) is 9.96. The van der Waals surface area contributed by atoms with Gasteiger partial charge in [0.25, 0.3) is 5.56 Å². The number of pyridine rings is 1. The monoisotopic (exact) mass is 347 g/mol. The van der Waals surface area contributed by atoms with Gasteiger partial charge in [0.15, 0.2) is 0 Å². The van der Waals surface area contributed by atoms with Gasteiger partial charge in [0.1, 0.15) is 5.69 Å². The second kappa shape index (κ2) is 6.29. The Labute approximate surface area is 151 Å². The Balaban J connectivity index is 1.77. The maximum atomic E-state index is 13.2. The molecule has 26 heavy (non-hydrogen) atoms. The van der Waals surface area contributed by atoms with Crippen molar-refractivity contribution >= 4 is 11.6 Å². The number of hydrogen-bond acceptors (Lipinski definition) is 5. The highest BCUT2D eigenvalue weighted by Crippen LogP contribution is 2.24. The number of nitrogens with two attached hydrogens (primary N) is 1. The van der Waals surface area contributed by atoms with E-state index in [1.54, 1.807) is 10.8 Å². The molecule has 132 valence electrons. The highest BCUT2D eigenvalue weighted by molar-refractivity contribution is 5.55. The van der Waals surface area contributed by atoms with Gasteiger partial charge in [-0.2, -0.15) is 0 Å². The van der Waals surface area contributed by atoms with Crippen LogP contribution in [-0.2, 0) is 13.0 Å². The van der Waals surface area contributed by atoms with Gasteiger partial charge in [-0.1, -0.05) is 12.1 Å². The zero-order valence-corrected chi connectivity index (χ0v) is 14.9. The molecule has 0 aliphatic carbocycles. The van der Waals surface area contributed by atoms with Crippen molar-refractivity contribution in [3.8, 4) is 5.69 Å². The van der Waals surface area contributed by atoms with Gasteiger partial charge in [0.05, 0.1) is 5.69 Å². The average Bonchev–Trinajstić information content (AvgIpc) is 2.62. The Bertz CT molecular complexity index is 1040. The molecule has 0 fully saturated rings. The second-order valence-corrected chi connectivity index (χ2v) is 6.73. The fraction of sp³-hybridized carbons (Fsp3) is 0.250. The Morgan fingerprint density at radius 2 is 2.04 bits per heavy atom. The van der Waals surface area contributed by atoms with Gasteiger partial charge >= 0.3 is 0 Å². The summed E-state index contributed by atoms with van der Waals surface area (Å²) in [5, 5.41) is 0. The van der Waals surface area contributed by atoms with Gasteiger partial charge in [0.2, 0.25) is 5.95 Å². The molecule has 1 aliphatic rings. The predicted molar refractivity (Wildman–Crippen MR) is 103 cm³/mol. The molecule has 6 heteroatoms. The van der Waals surface area contributed by atoms with Crippen molar-refractivity contribution in [1.82, 2.24) is 14.5 Å². The number of hydrogen-bond donors (Lipinski definition) is 1. The number of benzene rings is 1. The third-order valence-corrected chi connectivity index (χ3v) is 4.82. The number of nitrogen functional groups attached to an aromatic ring is 1. The van der Waals surface area contributed by atoms with Crippen LogP contribution in [0.5, 0.6) is 0 Å². The quantitative estimate of drug-likeness (QED) is 0.770. The molecule has 4 rings (SSSR count). The van der Waals surface area contributed by atoms with Gasteiger partial charge in [-0.3, -0.25) is 9.36 Å². The summed E-state index contributed by atoms with van der Waals surface area (Å²) in [6.45, 7) is 5.35. The second-order valence-electron chi connectivity index (χ2n) is 6.73. The lowest BCUT2D eigenvalue weighted by Crippen LogP contribution is -2.37. The van der Waals surface area contributed by atoms with Crippen molar-refractivity contribution in [3.05, 3.63) is 75.5 Å². The summed E-state index contributed by atoms with van der Waals surface area (Å²) >= 11 is 0. The van der Waals surface area contributed by atoms with Crippen LogP contribution in [0.25, 0.3) is 5.69 Å². The van der Waals surface area contributed by atoms with E-state index >= 15 is 0 Å². The van der Waals surface area contributed by atoms with Crippen molar-refractivity contribution in [2.75, 3.05) is 17.2 Å². The maximum absolute atomic E-state index is 13.2. The topological polar surface area (TPSA) is 77.0 Å². The van der Waals surface area contributed by atoms with Crippen molar-refractivity contribution in [3.63, 3.8) is 0 Å². The average molecular weight is 347 g/mol. The summed E-state index contributed by atoms with van der Waals surface area (Å²) in [6.07, 6.45) is 4.36. The largest absolute Gasteiger partial charge is 0.368 e. The first-order chi connectivity index (χ1) is 12.5. The molecule has 3 heterocycles. The van der Waals surface area contributed by atoms with E-state index in [4.69, 9.17) is 5.73 Å². The predicted octanol–water partition coefficient (Wildman–Crippen LogP) is 2.39. The fourth-order valence-electron chi connectivity index (χ4n) is 3.50. The van der Waals surface area contributed by atoms with Crippen LogP contribution < -0.4 is 16.2 Å². The summed E-state index contributed by atoms with van der Waals surface area (Å²) < 4.78 is 1.71. The molecule has 0 saturated carbocycles. The number of anilines is 2. The Morgan fingerprint density at radius 3 is 2.85 bits per heavy atom. The lowest BCUT2D eigenvalue weighted by molar-refractivity contribution is 0.698. The van der Waals surface area contributed by atoms with Crippen LogP contribution in [0.3, 0.4) is 0 Å². The molecule has 0 amide bonds. The minimum Gasteiger partial charge on any atom is -0.368 e. The Hall–Kier alpha value is -3.15. The molecule has 1 aromatic carbocycles. The van der Waals surface area contributed by atoms with E-state index < -0.39 is 0 Å². The molecule has 0 radical (unpaired) electrons. The van der Waals surface area contributed by atoms with Crippen LogP contribution in [0.4, 0.5) is 11.6 Å². The third kappa shape index (κ3) is 2.83. The minimum absolute atomic E-state index is 0.00425. The standard InChI is InChI=1S/C20H21N5O/c1-13-4-3-5-16(10-13)25-9-6-14(2)18(19(25)26)24-8-7-17-15(12-24)11-22-20(21)23-17/h3-6,9-11H,7-8,12H2,1-2H3,(H2,21,22,23). The molecular formula is C20H21N5O. The summed E-state index contributed by atoms with van der Waals surface area (Å²) in [5.74, 6) is 0.301. The number of fused-ring (bicyclic) bond motifs is 1. The Morgan fingerprint density at radius 1 is 1.19 bits per heavy atom. The fourth-order valence-corrected chi connectivity index (χ4v) is 3.50. The van der Waals surface area contributed by atoms with E-state index in [1.165, 1.54) is 0 Å². The van der Waals surface area contributed by atoms with E-state index in [-0.39, 0.29) is 5.56 Å². The smallest absolute Gasteiger partial charge is 0.278 e. The molecule has 3 aromatic rings. The minimum atomic E-state index is -0.00425. The molecular weight excluding hydrogens is 326 g/mol. The summed E-state index contributed by atoms with van der Waals surface area (Å²) in [5.41, 5.74) is 11.4. The molecule has 0 atom stereocenters. The van der Waals surface area contributed by atoms with E-state index in [2.05, 4.69) is 14.9 Å². The van der Waals surface area contributed by atoms with E-state index in [0.29, 0.717) is 12.5 Å². The molecule has 0 bridgehead atoms. The Kier molecular flexibility index (Phi) is 3.95. The van der Waals surface area contributed by atoms with Crippen LogP contribution in [0.2, 0.25) is 0 Å². The molecule has 2 N–H and O–H groups in total. The molecule has 0 unspecified atom stereocenters. The van der Waals surface area contributed by atoms with Crippen molar-refractivity contribution in [2.24, 2.45) is 0 Å². The zero-order valence-electron chi connectivity index (χ0n) is 14.9. The van der Waals surface area contributed by atoms with E-state index in [1.807, 2.05) is 50.4 Å². The number of aryl methyl sites for hydroxylation is 2. The highest BCUT2D eigenvalue weighted by atomic mass is 16.1. The first-order valence-electron chi connectivity index (χ1n) is 8.67. The summed E-state index contributed by atoms with van der Waals surface area (Å²) in [4.78, 5) is 23.8. The number of aromatic nitrogens is 3. The zero-order chi connectivity index (χ0) is 18.3.